The van der Waals surface area contributed by atoms with E-state index in [0.717, 1.165) is 12.8 Å². The van der Waals surface area contributed by atoms with Gasteiger partial charge in [-0.15, -0.1) is 0 Å². The van der Waals surface area contributed by atoms with Gasteiger partial charge in [-0.05, 0) is 30.0 Å². The highest BCUT2D eigenvalue weighted by Crippen LogP contribution is 2.38. The van der Waals surface area contributed by atoms with Crippen LogP contribution in [0.4, 0.5) is 0 Å². The molecule has 1 amide bonds. The molecule has 3 atom stereocenters. The molecule has 1 saturated heterocycles. The molecule has 1 aliphatic carbocycles. The van der Waals surface area contributed by atoms with Gasteiger partial charge in [-0.2, -0.15) is 5.10 Å². The van der Waals surface area contributed by atoms with Gasteiger partial charge in [0.25, 0.3) is 5.91 Å². The second kappa shape index (κ2) is 7.37. The maximum absolute atomic E-state index is 12.6. The minimum Gasteiger partial charge on any atom is -0.271 e. The van der Waals surface area contributed by atoms with Crippen molar-refractivity contribution in [1.82, 2.24) is 16.3 Å². The summed E-state index contributed by atoms with van der Waals surface area (Å²) in [6, 6.07) is 13.4. The monoisotopic (exact) mass is 388 g/mol. The maximum Gasteiger partial charge on any atom is 0.258 e. The molecule has 3 N–H and O–H groups in total. The number of nitrogens with one attached hydrogen (secondary N) is 3. The second-order valence-corrected chi connectivity index (χ2v) is 7.31. The number of carbonyl (C=O) groups is 1. The van der Waals surface area contributed by atoms with Crippen LogP contribution in [-0.4, -0.2) is 18.2 Å². The van der Waals surface area contributed by atoms with Gasteiger partial charge in [-0.1, -0.05) is 59.6 Å². The van der Waals surface area contributed by atoms with Crippen molar-refractivity contribution in [3.05, 3.63) is 69.2 Å². The highest BCUT2D eigenvalue weighted by molar-refractivity contribution is 6.43. The molecule has 4 rings (SSSR count). The topological polar surface area (TPSA) is 65.5 Å². The molecule has 134 valence electrons. The highest BCUT2D eigenvalue weighted by atomic mass is 35.5. The Morgan fingerprint density at radius 1 is 1.15 bits per heavy atom. The summed E-state index contributed by atoms with van der Waals surface area (Å²) in [4.78, 5) is 12.6. The van der Waals surface area contributed by atoms with E-state index in [1.165, 1.54) is 17.3 Å². The van der Waals surface area contributed by atoms with Crippen LogP contribution in [0, 0.1) is 5.92 Å². The van der Waals surface area contributed by atoms with Crippen molar-refractivity contribution in [2.24, 2.45) is 11.0 Å². The third-order valence-corrected chi connectivity index (χ3v) is 5.86. The molecule has 26 heavy (non-hydrogen) atoms. The van der Waals surface area contributed by atoms with Crippen molar-refractivity contribution in [3.8, 4) is 0 Å². The van der Waals surface area contributed by atoms with Gasteiger partial charge in [-0.25, -0.2) is 16.3 Å². The number of rotatable bonds is 3. The predicted octanol–water partition coefficient (Wildman–Crippen LogP) is 3.22. The molecule has 3 unspecified atom stereocenters. The molecule has 5 nitrogen and oxygen atoms in total. The molecular weight excluding hydrogens is 371 g/mol. The first-order valence-electron chi connectivity index (χ1n) is 8.51. The Morgan fingerprint density at radius 3 is 2.88 bits per heavy atom. The predicted molar refractivity (Wildman–Crippen MR) is 103 cm³/mol. The zero-order valence-electron chi connectivity index (χ0n) is 13.9. The summed E-state index contributed by atoms with van der Waals surface area (Å²) in [5.74, 6) is 0.0219. The molecule has 1 fully saturated rings. The van der Waals surface area contributed by atoms with Crippen molar-refractivity contribution in [1.29, 1.82) is 0 Å². The van der Waals surface area contributed by atoms with Crippen molar-refractivity contribution in [3.63, 3.8) is 0 Å². The lowest BCUT2D eigenvalue weighted by Crippen LogP contribution is -2.44. The average molecular weight is 389 g/mol. The van der Waals surface area contributed by atoms with Crippen molar-refractivity contribution in [2.45, 2.75) is 24.9 Å². The summed E-state index contributed by atoms with van der Waals surface area (Å²) in [6.45, 7) is 0. The Kier molecular flexibility index (Phi) is 4.96. The zero-order valence-corrected chi connectivity index (χ0v) is 15.4. The van der Waals surface area contributed by atoms with Gasteiger partial charge < -0.3 is 0 Å². The van der Waals surface area contributed by atoms with Gasteiger partial charge in [0.2, 0.25) is 0 Å². The largest absolute Gasteiger partial charge is 0.271 e. The van der Waals surface area contributed by atoms with Gasteiger partial charge in [-0.3, -0.25) is 4.79 Å². The number of hydrogen-bond donors (Lipinski definition) is 3. The number of aryl methyl sites for hydroxylation is 1. The molecule has 0 aromatic heterocycles. The normalized spacial score (nSPS) is 24.3. The number of hydrazone groups is 1. The van der Waals surface area contributed by atoms with Gasteiger partial charge in [0.05, 0.1) is 22.3 Å². The van der Waals surface area contributed by atoms with E-state index in [1.807, 2.05) is 6.07 Å². The number of benzene rings is 2. The minimum absolute atomic E-state index is 0.141. The van der Waals surface area contributed by atoms with Crippen LogP contribution in [0.15, 0.2) is 47.6 Å². The molecule has 0 saturated carbocycles. The van der Waals surface area contributed by atoms with Crippen molar-refractivity contribution >= 4 is 35.3 Å². The molecule has 2 aliphatic rings. The van der Waals surface area contributed by atoms with Crippen LogP contribution >= 0.6 is 23.2 Å². The summed E-state index contributed by atoms with van der Waals surface area (Å²) in [6.07, 6.45) is 3.43. The van der Waals surface area contributed by atoms with E-state index in [-0.39, 0.29) is 23.9 Å². The fourth-order valence-corrected chi connectivity index (χ4v) is 4.09. The van der Waals surface area contributed by atoms with E-state index in [4.69, 9.17) is 23.2 Å². The Balaban J connectivity index is 1.44. The summed E-state index contributed by atoms with van der Waals surface area (Å²) >= 11 is 12.1. The molecular formula is C19H18Cl2N4O. The number of hydrogen-bond acceptors (Lipinski definition) is 4. The second-order valence-electron chi connectivity index (χ2n) is 6.52. The Labute approximate surface area is 161 Å². The molecule has 0 bridgehead atoms. The SMILES string of the molecule is O=C(N/N=C/c1cccc(Cl)c1Cl)C1NNC2c3ccccc3CCC12. The maximum atomic E-state index is 12.6. The van der Waals surface area contributed by atoms with Gasteiger partial charge in [0.1, 0.15) is 6.04 Å². The van der Waals surface area contributed by atoms with E-state index in [9.17, 15) is 4.79 Å². The lowest BCUT2D eigenvalue weighted by Gasteiger charge is -2.29. The summed E-state index contributed by atoms with van der Waals surface area (Å²) < 4.78 is 0. The van der Waals surface area contributed by atoms with Crippen LogP contribution in [0.1, 0.15) is 29.2 Å². The van der Waals surface area contributed by atoms with Gasteiger partial charge >= 0.3 is 0 Å². The van der Waals surface area contributed by atoms with Crippen molar-refractivity contribution in [2.75, 3.05) is 0 Å². The van der Waals surface area contributed by atoms with Crippen molar-refractivity contribution < 1.29 is 4.79 Å². The highest BCUT2D eigenvalue weighted by Gasteiger charge is 2.43. The standard InChI is InChI=1S/C19H18Cl2N4O/c20-15-7-3-5-12(16(15)21)10-22-25-19(26)18-14-9-8-11-4-1-2-6-13(11)17(14)23-24-18/h1-7,10,14,17-18,23-24H,8-9H2,(H,25,26)/b22-10+. The first-order chi connectivity index (χ1) is 12.6. The van der Waals surface area contributed by atoms with Crippen LogP contribution in [-0.2, 0) is 11.2 Å². The molecule has 2 aromatic rings. The summed E-state index contributed by atoms with van der Waals surface area (Å²) in [5.41, 5.74) is 12.3. The number of halogens is 2. The van der Waals surface area contributed by atoms with E-state index in [2.05, 4.69) is 39.6 Å². The number of nitrogens with zero attached hydrogens (tertiary/aromatic N) is 1. The van der Waals surface area contributed by atoms with Crippen LogP contribution < -0.4 is 16.3 Å². The fraction of sp³-hybridized carbons (Fsp3) is 0.263. The lowest BCUT2D eigenvalue weighted by atomic mass is 9.77. The Morgan fingerprint density at radius 2 is 2.00 bits per heavy atom. The molecule has 0 radical (unpaired) electrons. The van der Waals surface area contributed by atoms with Crippen LogP contribution in [0.3, 0.4) is 0 Å². The van der Waals surface area contributed by atoms with E-state index < -0.39 is 0 Å². The minimum atomic E-state index is -0.333. The zero-order chi connectivity index (χ0) is 18.1. The Bertz CT molecular complexity index is 870. The number of fused-ring (bicyclic) bond motifs is 3. The smallest absolute Gasteiger partial charge is 0.258 e. The average Bonchev–Trinajstić information content (AvgIpc) is 3.10. The van der Waals surface area contributed by atoms with E-state index in [0.29, 0.717) is 15.6 Å². The summed E-state index contributed by atoms with van der Waals surface area (Å²) in [7, 11) is 0. The van der Waals surface area contributed by atoms with Gasteiger partial charge in [0, 0.05) is 11.5 Å². The summed E-state index contributed by atoms with van der Waals surface area (Å²) in [5, 5.41) is 4.90. The fourth-order valence-electron chi connectivity index (χ4n) is 3.73. The first kappa shape index (κ1) is 17.5. The quantitative estimate of drug-likeness (QED) is 0.558. The molecule has 2 aromatic carbocycles. The molecule has 1 heterocycles. The first-order valence-corrected chi connectivity index (χ1v) is 9.26. The Hall–Kier alpha value is -1.92. The van der Waals surface area contributed by atoms with Crippen LogP contribution in [0.2, 0.25) is 10.0 Å². The number of amides is 1. The number of carbonyl (C=O) groups excluding carboxylic acids is 1. The van der Waals surface area contributed by atoms with Gasteiger partial charge in [0.15, 0.2) is 0 Å². The molecule has 7 heteroatoms. The number of hydrazine groups is 1. The molecule has 0 spiro atoms. The van der Waals surface area contributed by atoms with E-state index >= 15 is 0 Å². The van der Waals surface area contributed by atoms with Crippen LogP contribution in [0.25, 0.3) is 0 Å². The third kappa shape index (κ3) is 3.23. The van der Waals surface area contributed by atoms with Crippen LogP contribution in [0.5, 0.6) is 0 Å². The lowest BCUT2D eigenvalue weighted by molar-refractivity contribution is -0.123. The third-order valence-electron chi connectivity index (χ3n) is 5.03. The van der Waals surface area contributed by atoms with E-state index in [1.54, 1.807) is 18.2 Å². The molecule has 1 aliphatic heterocycles.